The first-order valence-corrected chi connectivity index (χ1v) is 7.90. The number of aliphatic imine (C=N–C) groups is 1. The summed E-state index contributed by atoms with van der Waals surface area (Å²) >= 11 is 0. The van der Waals surface area contributed by atoms with Gasteiger partial charge in [-0.3, -0.25) is 4.99 Å². The monoisotopic (exact) mass is 291 g/mol. The molecule has 0 aromatic heterocycles. The van der Waals surface area contributed by atoms with Crippen molar-refractivity contribution >= 4 is 11.8 Å². The van der Waals surface area contributed by atoms with Crippen LogP contribution in [0, 0.1) is 6.92 Å². The summed E-state index contributed by atoms with van der Waals surface area (Å²) in [5.74, 6) is 0.575. The Labute approximate surface area is 134 Å². The molecular formula is C21H25N. The number of allylic oxidation sites excluding steroid dienone is 1. The highest BCUT2D eigenvalue weighted by molar-refractivity contribution is 5.79. The minimum Gasteiger partial charge on any atom is -0.288 e. The van der Waals surface area contributed by atoms with Gasteiger partial charge in [0.15, 0.2) is 0 Å². The molecule has 0 saturated heterocycles. The number of aryl methyl sites for hydroxylation is 1. The molecule has 1 heteroatoms. The summed E-state index contributed by atoms with van der Waals surface area (Å²) in [5.41, 5.74) is 6.42. The highest BCUT2D eigenvalue weighted by Gasteiger charge is 1.98. The van der Waals surface area contributed by atoms with E-state index < -0.39 is 0 Å². The van der Waals surface area contributed by atoms with Crippen molar-refractivity contribution in [3.63, 3.8) is 0 Å². The number of rotatable bonds is 5. The van der Waals surface area contributed by atoms with Gasteiger partial charge in [0.25, 0.3) is 0 Å². The summed E-state index contributed by atoms with van der Waals surface area (Å²) in [6.07, 6.45) is 4.13. The van der Waals surface area contributed by atoms with Crippen LogP contribution in [0.3, 0.4) is 0 Å². The lowest BCUT2D eigenvalue weighted by Gasteiger charge is -2.05. The largest absolute Gasteiger partial charge is 0.288 e. The second-order valence-corrected chi connectivity index (χ2v) is 6.02. The third kappa shape index (κ3) is 4.42. The summed E-state index contributed by atoms with van der Waals surface area (Å²) < 4.78 is 0. The molecule has 0 aliphatic carbocycles. The van der Waals surface area contributed by atoms with E-state index >= 15 is 0 Å². The van der Waals surface area contributed by atoms with Gasteiger partial charge in [-0.15, -0.1) is 0 Å². The van der Waals surface area contributed by atoms with E-state index in [1.54, 1.807) is 0 Å². The normalized spacial score (nSPS) is 12.3. The maximum absolute atomic E-state index is 4.51. The summed E-state index contributed by atoms with van der Waals surface area (Å²) in [4.78, 5) is 4.51. The predicted molar refractivity (Wildman–Crippen MR) is 97.8 cm³/mol. The standard InChI is InChI=1S/C21H25N/c1-16(2)20-11-9-19(10-12-20)15-22-14-13-18(4)21-8-6-5-7-17(21)3/h5-13,15-16H,14H2,1-4H3/b18-13-,22-15+. The molecule has 0 aliphatic heterocycles. The van der Waals surface area contributed by atoms with Crippen LogP contribution in [-0.2, 0) is 0 Å². The highest BCUT2D eigenvalue weighted by Crippen LogP contribution is 2.17. The second kappa shape index (κ2) is 7.74. The van der Waals surface area contributed by atoms with Crippen molar-refractivity contribution in [2.45, 2.75) is 33.6 Å². The van der Waals surface area contributed by atoms with E-state index in [9.17, 15) is 0 Å². The third-order valence-electron chi connectivity index (χ3n) is 3.92. The molecule has 0 unspecified atom stereocenters. The van der Waals surface area contributed by atoms with Gasteiger partial charge in [-0.1, -0.05) is 68.5 Å². The Morgan fingerprint density at radius 3 is 2.36 bits per heavy atom. The lowest BCUT2D eigenvalue weighted by Crippen LogP contribution is -1.89. The average molecular weight is 291 g/mol. The zero-order valence-corrected chi connectivity index (χ0v) is 14.0. The van der Waals surface area contributed by atoms with Crippen LogP contribution in [-0.4, -0.2) is 12.8 Å². The van der Waals surface area contributed by atoms with E-state index in [4.69, 9.17) is 0 Å². The maximum atomic E-state index is 4.51. The van der Waals surface area contributed by atoms with Crippen molar-refractivity contribution in [1.82, 2.24) is 0 Å². The second-order valence-electron chi connectivity index (χ2n) is 6.02. The van der Waals surface area contributed by atoms with Crippen LogP contribution in [0.4, 0.5) is 0 Å². The summed E-state index contributed by atoms with van der Waals surface area (Å²) in [7, 11) is 0. The van der Waals surface area contributed by atoms with Crippen molar-refractivity contribution in [2.24, 2.45) is 4.99 Å². The van der Waals surface area contributed by atoms with Crippen LogP contribution in [0.1, 0.15) is 48.9 Å². The minimum atomic E-state index is 0.575. The zero-order valence-electron chi connectivity index (χ0n) is 14.0. The first-order valence-electron chi connectivity index (χ1n) is 7.90. The van der Waals surface area contributed by atoms with Gasteiger partial charge in [-0.05, 0) is 47.6 Å². The van der Waals surface area contributed by atoms with Crippen LogP contribution in [0.25, 0.3) is 5.57 Å². The Morgan fingerprint density at radius 1 is 1.05 bits per heavy atom. The fraction of sp³-hybridized carbons (Fsp3) is 0.286. The topological polar surface area (TPSA) is 12.4 Å². The molecule has 0 aliphatic rings. The zero-order chi connectivity index (χ0) is 15.9. The van der Waals surface area contributed by atoms with Crippen LogP contribution < -0.4 is 0 Å². The lowest BCUT2D eigenvalue weighted by molar-refractivity contribution is 0.866. The molecule has 0 heterocycles. The SMILES string of the molecule is C/C(=C/C/N=C/c1ccc(C(C)C)cc1)c1ccccc1C. The lowest BCUT2D eigenvalue weighted by atomic mass is 10.0. The molecule has 0 radical (unpaired) electrons. The Bertz CT molecular complexity index is 661. The van der Waals surface area contributed by atoms with Crippen molar-refractivity contribution in [1.29, 1.82) is 0 Å². The molecule has 114 valence electrons. The van der Waals surface area contributed by atoms with Crippen LogP contribution in [0.2, 0.25) is 0 Å². The van der Waals surface area contributed by atoms with Crippen molar-refractivity contribution in [3.05, 3.63) is 76.9 Å². The predicted octanol–water partition coefficient (Wildman–Crippen LogP) is 5.64. The fourth-order valence-corrected chi connectivity index (χ4v) is 2.44. The van der Waals surface area contributed by atoms with Crippen LogP contribution in [0.5, 0.6) is 0 Å². The summed E-state index contributed by atoms with van der Waals surface area (Å²) in [6.45, 7) is 9.43. The molecule has 0 saturated carbocycles. The van der Waals surface area contributed by atoms with Gasteiger partial charge in [0.1, 0.15) is 0 Å². The average Bonchev–Trinajstić information content (AvgIpc) is 2.52. The first-order chi connectivity index (χ1) is 10.6. The van der Waals surface area contributed by atoms with E-state index in [1.165, 1.54) is 22.3 Å². The molecule has 0 atom stereocenters. The van der Waals surface area contributed by atoms with Crippen molar-refractivity contribution < 1.29 is 0 Å². The van der Waals surface area contributed by atoms with Crippen LogP contribution >= 0.6 is 0 Å². The molecular weight excluding hydrogens is 266 g/mol. The van der Waals surface area contributed by atoms with E-state index in [1.807, 2.05) is 6.21 Å². The molecule has 1 nitrogen and oxygen atoms in total. The van der Waals surface area contributed by atoms with Crippen LogP contribution in [0.15, 0.2) is 59.6 Å². The van der Waals surface area contributed by atoms with Gasteiger partial charge in [0.05, 0.1) is 6.54 Å². The fourth-order valence-electron chi connectivity index (χ4n) is 2.44. The Balaban J connectivity index is 1.97. The van der Waals surface area contributed by atoms with Gasteiger partial charge in [0, 0.05) is 6.21 Å². The summed E-state index contributed by atoms with van der Waals surface area (Å²) in [5, 5.41) is 0. The number of hydrogen-bond donors (Lipinski definition) is 0. The third-order valence-corrected chi connectivity index (χ3v) is 3.92. The minimum absolute atomic E-state index is 0.575. The van der Waals surface area contributed by atoms with E-state index in [2.05, 4.69) is 87.3 Å². The van der Waals surface area contributed by atoms with Crippen molar-refractivity contribution in [3.8, 4) is 0 Å². The summed E-state index contributed by atoms with van der Waals surface area (Å²) in [6, 6.07) is 17.1. The first kappa shape index (κ1) is 16.2. The molecule has 0 amide bonds. The maximum Gasteiger partial charge on any atom is 0.0576 e. The van der Waals surface area contributed by atoms with Gasteiger partial charge in [-0.25, -0.2) is 0 Å². The number of hydrogen-bond acceptors (Lipinski definition) is 1. The molecule has 2 aromatic rings. The van der Waals surface area contributed by atoms with Gasteiger partial charge >= 0.3 is 0 Å². The van der Waals surface area contributed by atoms with Gasteiger partial charge in [-0.2, -0.15) is 0 Å². The number of nitrogens with zero attached hydrogens (tertiary/aromatic N) is 1. The Kier molecular flexibility index (Phi) is 5.71. The van der Waals surface area contributed by atoms with E-state index in [0.29, 0.717) is 12.5 Å². The van der Waals surface area contributed by atoms with E-state index in [-0.39, 0.29) is 0 Å². The molecule has 22 heavy (non-hydrogen) atoms. The molecule has 0 N–H and O–H groups in total. The Hall–Kier alpha value is -2.15. The highest BCUT2D eigenvalue weighted by atomic mass is 14.7. The van der Waals surface area contributed by atoms with Gasteiger partial charge in [0.2, 0.25) is 0 Å². The number of benzene rings is 2. The smallest absolute Gasteiger partial charge is 0.0576 e. The van der Waals surface area contributed by atoms with E-state index in [0.717, 1.165) is 5.56 Å². The Morgan fingerprint density at radius 2 is 1.73 bits per heavy atom. The molecule has 0 spiro atoms. The molecule has 0 fully saturated rings. The van der Waals surface area contributed by atoms with Crippen molar-refractivity contribution in [2.75, 3.05) is 6.54 Å². The molecule has 2 aromatic carbocycles. The quantitative estimate of drug-likeness (QED) is 0.632. The molecule has 0 bridgehead atoms. The van der Waals surface area contributed by atoms with Gasteiger partial charge < -0.3 is 0 Å². The molecule has 2 rings (SSSR count).